The number of thioether (sulfide) groups is 1. The van der Waals surface area contributed by atoms with Crippen LogP contribution in [0.15, 0.2) is 46.9 Å². The molecule has 0 fully saturated rings. The van der Waals surface area contributed by atoms with Crippen molar-refractivity contribution in [1.29, 1.82) is 0 Å². The smallest absolute Gasteiger partial charge is 0.233 e. The molecular weight excluding hydrogens is 358 g/mol. The zero-order valence-electron chi connectivity index (χ0n) is 13.8. The Morgan fingerprint density at radius 1 is 1.32 bits per heavy atom. The topological polar surface area (TPSA) is 73.1 Å². The second-order valence-corrected chi connectivity index (χ2v) is 7.14. The average molecular weight is 375 g/mol. The molecule has 7 nitrogen and oxygen atoms in total. The van der Waals surface area contributed by atoms with Crippen molar-refractivity contribution in [3.05, 3.63) is 46.7 Å². The molecule has 9 heteroatoms. The van der Waals surface area contributed by atoms with Gasteiger partial charge in [0.25, 0.3) is 0 Å². The van der Waals surface area contributed by atoms with Gasteiger partial charge >= 0.3 is 0 Å². The third-order valence-corrected chi connectivity index (χ3v) is 5.24. The third-order valence-electron chi connectivity index (χ3n) is 3.48. The van der Waals surface area contributed by atoms with Gasteiger partial charge in [0.1, 0.15) is 11.4 Å². The van der Waals surface area contributed by atoms with E-state index < -0.39 is 0 Å². The lowest BCUT2D eigenvalue weighted by molar-refractivity contribution is -0.127. The summed E-state index contributed by atoms with van der Waals surface area (Å²) in [5.74, 6) is 0.947. The van der Waals surface area contributed by atoms with Gasteiger partial charge in [0.2, 0.25) is 11.1 Å². The average Bonchev–Trinajstić information content (AvgIpc) is 3.31. The van der Waals surface area contributed by atoms with Crippen LogP contribution in [0.5, 0.6) is 5.75 Å². The van der Waals surface area contributed by atoms with Gasteiger partial charge in [0.05, 0.1) is 19.4 Å². The number of carbonyl (C=O) groups is 1. The molecule has 1 aromatic carbocycles. The molecule has 0 atom stereocenters. The Hall–Kier alpha value is -2.39. The van der Waals surface area contributed by atoms with E-state index in [4.69, 9.17) is 4.74 Å². The van der Waals surface area contributed by atoms with Gasteiger partial charge in [-0.3, -0.25) is 4.79 Å². The SMILES string of the molecule is COc1ccccc1-n1nnnc1SCC(=O)N(C)Cc1cccs1. The molecule has 0 aliphatic carbocycles. The standard InChI is InChI=1S/C16H17N5O2S2/c1-20(10-12-6-5-9-24-12)15(22)11-25-16-17-18-19-21(16)13-7-3-4-8-14(13)23-2/h3-9H,10-11H2,1-2H3. The highest BCUT2D eigenvalue weighted by Crippen LogP contribution is 2.25. The van der Waals surface area contributed by atoms with Gasteiger partial charge in [0.15, 0.2) is 0 Å². The lowest BCUT2D eigenvalue weighted by atomic mass is 10.3. The van der Waals surface area contributed by atoms with Gasteiger partial charge in [-0.2, -0.15) is 4.68 Å². The number of thiophene rings is 1. The number of benzene rings is 1. The Kier molecular flexibility index (Phi) is 5.67. The van der Waals surface area contributed by atoms with Crippen LogP contribution < -0.4 is 4.74 Å². The molecule has 0 N–H and O–H groups in total. The molecule has 0 radical (unpaired) electrons. The number of hydrogen-bond donors (Lipinski definition) is 0. The van der Waals surface area contributed by atoms with Crippen molar-refractivity contribution in [2.24, 2.45) is 0 Å². The van der Waals surface area contributed by atoms with Gasteiger partial charge < -0.3 is 9.64 Å². The first-order chi connectivity index (χ1) is 12.2. The zero-order valence-corrected chi connectivity index (χ0v) is 15.5. The van der Waals surface area contributed by atoms with Crippen LogP contribution in [0.4, 0.5) is 0 Å². The normalized spacial score (nSPS) is 10.6. The van der Waals surface area contributed by atoms with E-state index in [2.05, 4.69) is 15.5 Å². The highest BCUT2D eigenvalue weighted by molar-refractivity contribution is 7.99. The fourth-order valence-electron chi connectivity index (χ4n) is 2.19. The molecule has 3 rings (SSSR count). The minimum absolute atomic E-state index is 0.0213. The fourth-order valence-corrected chi connectivity index (χ4v) is 3.77. The Labute approximate surface area is 153 Å². The van der Waals surface area contributed by atoms with E-state index in [1.807, 2.05) is 41.8 Å². The van der Waals surface area contributed by atoms with E-state index >= 15 is 0 Å². The van der Waals surface area contributed by atoms with Gasteiger partial charge in [-0.15, -0.1) is 16.4 Å². The van der Waals surface area contributed by atoms with Crippen LogP contribution in [0.1, 0.15) is 4.88 Å². The molecule has 2 heterocycles. The minimum Gasteiger partial charge on any atom is -0.494 e. The number of amides is 1. The van der Waals surface area contributed by atoms with Crippen LogP contribution in [0, 0.1) is 0 Å². The minimum atomic E-state index is 0.0213. The second-order valence-electron chi connectivity index (χ2n) is 5.16. The fraction of sp³-hybridized carbons (Fsp3) is 0.250. The number of nitrogens with zero attached hydrogens (tertiary/aromatic N) is 5. The Balaban J connectivity index is 1.66. The van der Waals surface area contributed by atoms with Crippen molar-refractivity contribution in [3.63, 3.8) is 0 Å². The third kappa shape index (κ3) is 4.18. The van der Waals surface area contributed by atoms with E-state index in [0.717, 1.165) is 10.6 Å². The molecular formula is C16H17N5O2S2. The molecule has 2 aromatic heterocycles. The van der Waals surface area contributed by atoms with Crippen LogP contribution >= 0.6 is 23.1 Å². The summed E-state index contributed by atoms with van der Waals surface area (Å²) in [5.41, 5.74) is 0.733. The van der Waals surface area contributed by atoms with Crippen molar-refractivity contribution in [2.75, 3.05) is 19.9 Å². The summed E-state index contributed by atoms with van der Waals surface area (Å²) in [5, 5.41) is 14.3. The van der Waals surface area contributed by atoms with Crippen molar-refractivity contribution in [3.8, 4) is 11.4 Å². The number of carbonyl (C=O) groups excluding carboxylic acids is 1. The summed E-state index contributed by atoms with van der Waals surface area (Å²) in [6, 6.07) is 11.5. The molecule has 0 spiro atoms. The molecule has 0 unspecified atom stereocenters. The highest BCUT2D eigenvalue weighted by Gasteiger charge is 2.16. The Bertz CT molecular complexity index is 835. The van der Waals surface area contributed by atoms with Gasteiger partial charge in [-0.25, -0.2) is 0 Å². The van der Waals surface area contributed by atoms with E-state index in [1.54, 1.807) is 35.1 Å². The number of para-hydroxylation sites is 2. The Morgan fingerprint density at radius 2 is 2.16 bits per heavy atom. The number of rotatable bonds is 7. The molecule has 1 amide bonds. The number of methoxy groups -OCH3 is 1. The maximum atomic E-state index is 12.3. The molecule has 130 valence electrons. The summed E-state index contributed by atoms with van der Waals surface area (Å²) in [7, 11) is 3.39. The second kappa shape index (κ2) is 8.13. The molecule has 0 aliphatic rings. The number of aromatic nitrogens is 4. The summed E-state index contributed by atoms with van der Waals surface area (Å²) in [4.78, 5) is 15.2. The first-order valence-electron chi connectivity index (χ1n) is 7.50. The van der Waals surface area contributed by atoms with Crippen molar-refractivity contribution >= 4 is 29.0 Å². The summed E-state index contributed by atoms with van der Waals surface area (Å²) < 4.78 is 6.93. The van der Waals surface area contributed by atoms with Crippen molar-refractivity contribution in [1.82, 2.24) is 25.1 Å². The first-order valence-corrected chi connectivity index (χ1v) is 9.36. The van der Waals surface area contributed by atoms with Crippen LogP contribution in [0.25, 0.3) is 5.69 Å². The summed E-state index contributed by atoms with van der Waals surface area (Å²) in [6.07, 6.45) is 0. The van der Waals surface area contributed by atoms with E-state index in [-0.39, 0.29) is 11.7 Å². The van der Waals surface area contributed by atoms with Crippen molar-refractivity contribution < 1.29 is 9.53 Å². The highest BCUT2D eigenvalue weighted by atomic mass is 32.2. The molecule has 0 bridgehead atoms. The van der Waals surface area contributed by atoms with Crippen LogP contribution in [-0.4, -0.2) is 50.9 Å². The van der Waals surface area contributed by atoms with E-state index in [9.17, 15) is 4.79 Å². The first kappa shape index (κ1) is 17.4. The lowest BCUT2D eigenvalue weighted by Gasteiger charge is -2.15. The van der Waals surface area contributed by atoms with Gasteiger partial charge in [-0.05, 0) is 34.0 Å². The van der Waals surface area contributed by atoms with Crippen molar-refractivity contribution in [2.45, 2.75) is 11.7 Å². The van der Waals surface area contributed by atoms with Gasteiger partial charge in [-0.1, -0.05) is 30.0 Å². The quantitative estimate of drug-likeness (QED) is 0.591. The van der Waals surface area contributed by atoms with E-state index in [0.29, 0.717) is 17.5 Å². The van der Waals surface area contributed by atoms with Crippen LogP contribution in [0.3, 0.4) is 0 Å². The number of ether oxygens (including phenoxy) is 1. The van der Waals surface area contributed by atoms with E-state index in [1.165, 1.54) is 11.8 Å². The number of tetrazole rings is 1. The Morgan fingerprint density at radius 3 is 2.92 bits per heavy atom. The maximum Gasteiger partial charge on any atom is 0.233 e. The molecule has 25 heavy (non-hydrogen) atoms. The molecule has 0 aliphatic heterocycles. The van der Waals surface area contributed by atoms with Crippen LogP contribution in [0.2, 0.25) is 0 Å². The lowest BCUT2D eigenvalue weighted by Crippen LogP contribution is -2.27. The zero-order chi connectivity index (χ0) is 17.6. The maximum absolute atomic E-state index is 12.3. The largest absolute Gasteiger partial charge is 0.494 e. The summed E-state index contributed by atoms with van der Waals surface area (Å²) >= 11 is 2.94. The predicted molar refractivity (Wildman–Crippen MR) is 97.2 cm³/mol. The monoisotopic (exact) mass is 375 g/mol. The van der Waals surface area contributed by atoms with Gasteiger partial charge in [0, 0.05) is 11.9 Å². The summed E-state index contributed by atoms with van der Waals surface area (Å²) in [6.45, 7) is 0.606. The number of hydrogen-bond acceptors (Lipinski definition) is 7. The predicted octanol–water partition coefficient (Wildman–Crippen LogP) is 2.48. The van der Waals surface area contributed by atoms with Crippen LogP contribution in [-0.2, 0) is 11.3 Å². The molecule has 0 saturated heterocycles. The molecule has 3 aromatic rings. The molecule has 0 saturated carbocycles.